The molecule has 0 unspecified atom stereocenters. The van der Waals surface area contributed by atoms with E-state index in [4.69, 9.17) is 0 Å². The van der Waals surface area contributed by atoms with Gasteiger partial charge in [0.1, 0.15) is 17.8 Å². The van der Waals surface area contributed by atoms with Gasteiger partial charge >= 0.3 is 12.1 Å². The molecule has 2 aromatic heterocycles. The summed E-state index contributed by atoms with van der Waals surface area (Å²) in [5.41, 5.74) is 5.65. The Bertz CT molecular complexity index is 1730. The number of fused-ring (bicyclic) bond motifs is 1. The molecule has 2 fully saturated rings. The summed E-state index contributed by atoms with van der Waals surface area (Å²) in [5.74, 6) is -0.0732. The Morgan fingerprint density at radius 1 is 1.04 bits per heavy atom. The molecule has 6 rings (SSSR count). The van der Waals surface area contributed by atoms with Crippen molar-refractivity contribution in [1.82, 2.24) is 29.7 Å². The molecule has 0 spiro atoms. The number of amides is 3. The van der Waals surface area contributed by atoms with Crippen LogP contribution in [0.1, 0.15) is 31.4 Å². The van der Waals surface area contributed by atoms with Crippen molar-refractivity contribution < 1.29 is 24.2 Å². The van der Waals surface area contributed by atoms with Crippen molar-refractivity contribution in [3.05, 3.63) is 65.7 Å². The number of aliphatic hydroxyl groups excluding tert-OH is 1. The first-order chi connectivity index (χ1) is 22.0. The Labute approximate surface area is 267 Å². The van der Waals surface area contributed by atoms with Crippen LogP contribution < -0.4 is 5.32 Å². The Balaban J connectivity index is 1.20. The van der Waals surface area contributed by atoms with E-state index in [9.17, 15) is 19.8 Å². The fourth-order valence-electron chi connectivity index (χ4n) is 6.56. The number of urea groups is 1. The quantitative estimate of drug-likeness (QED) is 0.215. The van der Waals surface area contributed by atoms with Gasteiger partial charge < -0.3 is 30.3 Å². The Hall–Kier alpha value is -4.55. The monoisotopic (exact) mass is 629 g/mol. The topological polar surface area (TPSA) is 138 Å². The first-order valence-electron chi connectivity index (χ1n) is 15.7. The average Bonchev–Trinajstić information content (AvgIpc) is 3.62. The van der Waals surface area contributed by atoms with E-state index in [1.54, 1.807) is 4.90 Å². The molecule has 2 atom stereocenters. The largest absolute Gasteiger partial charge is 0.465 e. The van der Waals surface area contributed by atoms with Crippen molar-refractivity contribution in [3.63, 3.8) is 0 Å². The number of anilines is 1. The van der Waals surface area contributed by atoms with Gasteiger partial charge in [0.05, 0.1) is 11.8 Å². The molecule has 2 aliphatic heterocycles. The number of carboxylic acid groups (broad SMARTS) is 1. The summed E-state index contributed by atoms with van der Waals surface area (Å²) in [6.07, 6.45) is 0.819. The Morgan fingerprint density at radius 2 is 1.78 bits per heavy atom. The number of β-amino-alcohol motifs (C(OH)–C–C–N with tert-alkyl or cyclic N) is 1. The van der Waals surface area contributed by atoms with Crippen molar-refractivity contribution in [2.24, 2.45) is 11.8 Å². The molecule has 46 heavy (non-hydrogen) atoms. The third kappa shape index (κ3) is 6.68. The predicted octanol–water partition coefficient (Wildman–Crippen LogP) is 5.41. The predicted molar refractivity (Wildman–Crippen MR) is 174 cm³/mol. The van der Waals surface area contributed by atoms with Crippen molar-refractivity contribution in [3.8, 4) is 22.5 Å². The molecular weight excluding hydrogens is 589 g/mol. The highest BCUT2D eigenvalue weighted by atomic mass is 19.1. The van der Waals surface area contributed by atoms with E-state index in [0.29, 0.717) is 66.8 Å². The molecule has 11 nitrogen and oxygen atoms in total. The molecule has 3 amide bonds. The number of likely N-dealkylation sites (tertiary alicyclic amines) is 1. The van der Waals surface area contributed by atoms with Crippen LogP contribution in [0.15, 0.2) is 48.8 Å². The summed E-state index contributed by atoms with van der Waals surface area (Å²) in [6, 6.07) is 12.5. The highest BCUT2D eigenvalue weighted by molar-refractivity contribution is 5.97. The van der Waals surface area contributed by atoms with Crippen LogP contribution in [-0.2, 0) is 6.54 Å². The minimum Gasteiger partial charge on any atom is -0.465 e. The van der Waals surface area contributed by atoms with E-state index in [-0.39, 0.29) is 18.5 Å². The van der Waals surface area contributed by atoms with Crippen LogP contribution in [-0.4, -0.2) is 97.4 Å². The van der Waals surface area contributed by atoms with Crippen LogP contribution in [0, 0.1) is 24.6 Å². The lowest BCUT2D eigenvalue weighted by Crippen LogP contribution is -2.47. The number of benzene rings is 2. The zero-order valence-corrected chi connectivity index (χ0v) is 26.3. The number of nitrogens with zero attached hydrogens (tertiary/aromatic N) is 5. The number of halogens is 1. The fourth-order valence-corrected chi connectivity index (χ4v) is 6.56. The SMILES string of the molecule is Cc1c(NC(=O)N2C[C@@H](CC(C)C)[C@H](O)C2)cc(F)cc1-c1ncnc2[nH]c(-c3ccc(CN4CCN(C(=O)O)CC4)cc3)cc12. The minimum atomic E-state index is -0.871. The highest BCUT2D eigenvalue weighted by Gasteiger charge is 2.34. The van der Waals surface area contributed by atoms with Crippen LogP contribution in [0.4, 0.5) is 19.7 Å². The maximum absolute atomic E-state index is 15.0. The fraction of sp³-hybridized carbons (Fsp3) is 0.412. The second-order valence-corrected chi connectivity index (χ2v) is 12.8. The summed E-state index contributed by atoms with van der Waals surface area (Å²) in [7, 11) is 0. The van der Waals surface area contributed by atoms with Gasteiger partial charge in [-0.05, 0) is 54.2 Å². The van der Waals surface area contributed by atoms with Gasteiger partial charge in [-0.2, -0.15) is 0 Å². The first kappa shape index (κ1) is 31.4. The van der Waals surface area contributed by atoms with Crippen molar-refractivity contribution in [2.75, 3.05) is 44.6 Å². The lowest BCUT2D eigenvalue weighted by atomic mass is 9.95. The average molecular weight is 630 g/mol. The van der Waals surface area contributed by atoms with Gasteiger partial charge in [0.15, 0.2) is 0 Å². The maximum Gasteiger partial charge on any atom is 0.407 e. The molecule has 0 aliphatic carbocycles. The van der Waals surface area contributed by atoms with E-state index in [2.05, 4.69) is 51.1 Å². The van der Waals surface area contributed by atoms with E-state index in [1.807, 2.05) is 25.1 Å². The molecule has 4 N–H and O–H groups in total. The molecule has 4 heterocycles. The number of hydrogen-bond acceptors (Lipinski definition) is 6. The molecule has 12 heteroatoms. The van der Waals surface area contributed by atoms with Gasteiger partial charge in [0, 0.05) is 74.1 Å². The number of aromatic nitrogens is 3. The van der Waals surface area contributed by atoms with Crippen LogP contribution >= 0.6 is 0 Å². The summed E-state index contributed by atoms with van der Waals surface area (Å²) in [4.78, 5) is 42.0. The van der Waals surface area contributed by atoms with Crippen LogP contribution in [0.25, 0.3) is 33.5 Å². The van der Waals surface area contributed by atoms with Crippen LogP contribution in [0.3, 0.4) is 0 Å². The van der Waals surface area contributed by atoms with Gasteiger partial charge in [0.25, 0.3) is 0 Å². The molecule has 0 radical (unpaired) electrons. The third-order valence-corrected chi connectivity index (χ3v) is 9.08. The van der Waals surface area contributed by atoms with Gasteiger partial charge in [-0.3, -0.25) is 4.90 Å². The second-order valence-electron chi connectivity index (χ2n) is 12.8. The molecule has 2 aliphatic rings. The third-order valence-electron chi connectivity index (χ3n) is 9.08. The van der Waals surface area contributed by atoms with E-state index in [0.717, 1.165) is 35.2 Å². The molecule has 2 aromatic carbocycles. The van der Waals surface area contributed by atoms with Gasteiger partial charge in [0.2, 0.25) is 0 Å². The zero-order chi connectivity index (χ0) is 32.5. The Kier molecular flexibility index (Phi) is 8.92. The normalized spacial score (nSPS) is 18.9. The molecule has 0 bridgehead atoms. The summed E-state index contributed by atoms with van der Waals surface area (Å²) in [5, 5.41) is 23.3. The van der Waals surface area contributed by atoms with Crippen molar-refractivity contribution >= 4 is 28.8 Å². The van der Waals surface area contributed by atoms with E-state index < -0.39 is 18.0 Å². The molecule has 2 saturated heterocycles. The zero-order valence-electron chi connectivity index (χ0n) is 26.3. The summed E-state index contributed by atoms with van der Waals surface area (Å²) < 4.78 is 15.0. The van der Waals surface area contributed by atoms with Gasteiger partial charge in [-0.1, -0.05) is 38.1 Å². The Morgan fingerprint density at radius 3 is 2.48 bits per heavy atom. The number of nitrogens with one attached hydrogen (secondary N) is 2. The molecule has 0 saturated carbocycles. The second kappa shape index (κ2) is 13.1. The minimum absolute atomic E-state index is 0.0183. The number of carbonyl (C=O) groups excluding carboxylic acids is 1. The number of rotatable bonds is 7. The number of piperazine rings is 1. The standard InChI is InChI=1S/C34H40FN7O4/c1-20(2)12-24-17-42(18-30(24)43)33(44)39-28-14-25(35)13-26(21(28)3)31-27-15-29(38-32(27)37-19-36-31)23-6-4-22(5-7-23)16-40-8-10-41(11-9-40)34(45)46/h4-7,13-15,19-20,24,30,43H,8-12,16-18H2,1-3H3,(H,39,44)(H,45,46)(H,36,37,38)/t24-,30-/m1/s1. The number of H-pyrrole nitrogens is 1. The maximum atomic E-state index is 15.0. The lowest BCUT2D eigenvalue weighted by molar-refractivity contribution is 0.103. The smallest absolute Gasteiger partial charge is 0.407 e. The summed E-state index contributed by atoms with van der Waals surface area (Å²) >= 11 is 0. The molecule has 242 valence electrons. The van der Waals surface area contributed by atoms with Gasteiger partial charge in [-0.15, -0.1) is 0 Å². The van der Waals surface area contributed by atoms with Gasteiger partial charge in [-0.25, -0.2) is 23.9 Å². The number of carbonyl (C=O) groups is 2. The number of aromatic amines is 1. The highest BCUT2D eigenvalue weighted by Crippen LogP contribution is 2.35. The van der Waals surface area contributed by atoms with E-state index >= 15 is 4.39 Å². The lowest BCUT2D eigenvalue weighted by Gasteiger charge is -2.33. The first-order valence-corrected chi connectivity index (χ1v) is 15.7. The van der Waals surface area contributed by atoms with Crippen LogP contribution in [0.2, 0.25) is 0 Å². The number of hydrogen-bond donors (Lipinski definition) is 4. The van der Waals surface area contributed by atoms with Crippen molar-refractivity contribution in [2.45, 2.75) is 39.8 Å². The molecule has 4 aromatic rings. The number of aliphatic hydroxyl groups is 1. The van der Waals surface area contributed by atoms with Crippen molar-refractivity contribution in [1.29, 1.82) is 0 Å². The summed E-state index contributed by atoms with van der Waals surface area (Å²) in [6.45, 7) is 9.86. The van der Waals surface area contributed by atoms with Crippen LogP contribution in [0.5, 0.6) is 0 Å². The molecular formula is C34H40FN7O4. The van der Waals surface area contributed by atoms with E-state index in [1.165, 1.54) is 23.4 Å².